The number of anilines is 1. The summed E-state index contributed by atoms with van der Waals surface area (Å²) in [7, 11) is 2.04. The minimum absolute atomic E-state index is 0.662. The van der Waals surface area contributed by atoms with Crippen molar-refractivity contribution < 1.29 is 0 Å². The van der Waals surface area contributed by atoms with E-state index < -0.39 is 0 Å². The van der Waals surface area contributed by atoms with Crippen molar-refractivity contribution in [2.24, 2.45) is 4.99 Å². The van der Waals surface area contributed by atoms with Crippen LogP contribution in [0.25, 0.3) is 0 Å². The second kappa shape index (κ2) is 3.00. The molecule has 2 nitrogen and oxygen atoms in total. The minimum atomic E-state index is 0.662. The molecule has 0 fully saturated rings. The Balaban J connectivity index is 2.66. The molecule has 0 amide bonds. The van der Waals surface area contributed by atoms with Crippen LogP contribution >= 0.6 is 22.9 Å². The van der Waals surface area contributed by atoms with Crippen molar-refractivity contribution in [1.29, 1.82) is 0 Å². The summed E-state index contributed by atoms with van der Waals surface area (Å²) < 4.78 is 0. The molecule has 0 aromatic carbocycles. The molecule has 0 N–H and O–H groups in total. The van der Waals surface area contributed by atoms with E-state index >= 15 is 0 Å². The number of rotatable bonds is 0. The SMILES string of the molecule is Cc1sc2c(c1C)C(Cl)=NCN2C. The first kappa shape index (κ1) is 9.03. The number of fused-ring (bicyclic) bond motifs is 1. The number of nitrogens with zero attached hydrogens (tertiary/aromatic N) is 2. The zero-order chi connectivity index (χ0) is 9.59. The molecular formula is C9H11ClN2S. The van der Waals surface area contributed by atoms with Crippen molar-refractivity contribution in [3.63, 3.8) is 0 Å². The van der Waals surface area contributed by atoms with Gasteiger partial charge in [-0.15, -0.1) is 11.3 Å². The number of halogens is 1. The number of aryl methyl sites for hydroxylation is 1. The van der Waals surface area contributed by atoms with E-state index in [2.05, 4.69) is 23.7 Å². The van der Waals surface area contributed by atoms with Gasteiger partial charge in [-0.3, -0.25) is 4.99 Å². The summed E-state index contributed by atoms with van der Waals surface area (Å²) in [6, 6.07) is 0. The fraction of sp³-hybridized carbons (Fsp3) is 0.444. The van der Waals surface area contributed by atoms with E-state index in [4.69, 9.17) is 11.6 Å². The largest absolute Gasteiger partial charge is 0.346 e. The maximum absolute atomic E-state index is 6.06. The Bertz CT molecular complexity index is 381. The summed E-state index contributed by atoms with van der Waals surface area (Å²) >= 11 is 7.85. The van der Waals surface area contributed by atoms with E-state index in [1.54, 1.807) is 11.3 Å². The first-order chi connectivity index (χ1) is 6.11. The van der Waals surface area contributed by atoms with E-state index in [1.807, 2.05) is 7.05 Å². The molecule has 70 valence electrons. The molecule has 0 atom stereocenters. The third kappa shape index (κ3) is 1.27. The van der Waals surface area contributed by atoms with Crippen LogP contribution in [0.2, 0.25) is 0 Å². The van der Waals surface area contributed by atoms with Crippen molar-refractivity contribution in [2.45, 2.75) is 13.8 Å². The molecule has 0 spiro atoms. The summed E-state index contributed by atoms with van der Waals surface area (Å²) in [6.45, 7) is 4.89. The predicted molar refractivity (Wildman–Crippen MR) is 59.5 cm³/mol. The highest BCUT2D eigenvalue weighted by Gasteiger charge is 2.22. The van der Waals surface area contributed by atoms with Gasteiger partial charge in [0, 0.05) is 17.5 Å². The Morgan fingerprint density at radius 3 is 2.77 bits per heavy atom. The van der Waals surface area contributed by atoms with E-state index in [9.17, 15) is 0 Å². The molecule has 4 heteroatoms. The monoisotopic (exact) mass is 214 g/mol. The Labute approximate surface area is 86.8 Å². The zero-order valence-electron chi connectivity index (χ0n) is 7.89. The van der Waals surface area contributed by atoms with Gasteiger partial charge in [-0.2, -0.15) is 0 Å². The summed E-state index contributed by atoms with van der Waals surface area (Å²) in [5.41, 5.74) is 2.39. The van der Waals surface area contributed by atoms with Gasteiger partial charge in [-0.25, -0.2) is 0 Å². The van der Waals surface area contributed by atoms with Gasteiger partial charge in [0.25, 0.3) is 0 Å². The molecule has 13 heavy (non-hydrogen) atoms. The number of hydrogen-bond donors (Lipinski definition) is 0. The van der Waals surface area contributed by atoms with Gasteiger partial charge in [0.2, 0.25) is 0 Å². The molecule has 0 bridgehead atoms. The number of thiophene rings is 1. The maximum atomic E-state index is 6.06. The quantitative estimate of drug-likeness (QED) is 0.649. The number of aliphatic imine (C=N–C) groups is 1. The Kier molecular flexibility index (Phi) is 2.08. The van der Waals surface area contributed by atoms with Crippen LogP contribution in [0.1, 0.15) is 16.0 Å². The zero-order valence-corrected chi connectivity index (χ0v) is 9.46. The number of hydrogen-bond acceptors (Lipinski definition) is 3. The Hall–Kier alpha value is -0.540. The van der Waals surface area contributed by atoms with Gasteiger partial charge in [0.15, 0.2) is 0 Å². The van der Waals surface area contributed by atoms with Crippen LogP contribution in [0.4, 0.5) is 5.00 Å². The average Bonchev–Trinajstić information content (AvgIpc) is 2.38. The van der Waals surface area contributed by atoms with Crippen LogP contribution in [0, 0.1) is 13.8 Å². The first-order valence-electron chi connectivity index (χ1n) is 4.12. The van der Waals surface area contributed by atoms with Crippen molar-refractivity contribution in [3.8, 4) is 0 Å². The smallest absolute Gasteiger partial charge is 0.136 e. The predicted octanol–water partition coefficient (Wildman–Crippen LogP) is 2.76. The Morgan fingerprint density at radius 2 is 2.15 bits per heavy atom. The van der Waals surface area contributed by atoms with Crippen LogP contribution in [0.15, 0.2) is 4.99 Å². The summed E-state index contributed by atoms with van der Waals surface area (Å²) in [5.74, 6) is 0. The molecule has 0 unspecified atom stereocenters. The minimum Gasteiger partial charge on any atom is -0.346 e. The van der Waals surface area contributed by atoms with Gasteiger partial charge in [0.05, 0.1) is 0 Å². The van der Waals surface area contributed by atoms with Gasteiger partial charge in [-0.1, -0.05) is 11.6 Å². The summed E-state index contributed by atoms with van der Waals surface area (Å²) in [5, 5.41) is 1.91. The molecule has 0 aliphatic carbocycles. The third-order valence-corrected chi connectivity index (χ3v) is 3.97. The van der Waals surface area contributed by atoms with E-state index in [0.717, 1.165) is 5.56 Å². The molecule has 0 saturated heterocycles. The van der Waals surface area contributed by atoms with Crippen LogP contribution in [-0.4, -0.2) is 18.9 Å². The highest BCUT2D eigenvalue weighted by atomic mass is 35.5. The van der Waals surface area contributed by atoms with Crippen LogP contribution in [-0.2, 0) is 0 Å². The van der Waals surface area contributed by atoms with Crippen LogP contribution in [0.5, 0.6) is 0 Å². The van der Waals surface area contributed by atoms with Crippen LogP contribution < -0.4 is 4.90 Å². The van der Waals surface area contributed by atoms with Gasteiger partial charge < -0.3 is 4.90 Å². The second-order valence-corrected chi connectivity index (χ2v) is 4.81. The second-order valence-electron chi connectivity index (χ2n) is 3.25. The van der Waals surface area contributed by atoms with Crippen molar-refractivity contribution >= 4 is 33.1 Å². The Morgan fingerprint density at radius 1 is 1.46 bits per heavy atom. The highest BCUT2D eigenvalue weighted by molar-refractivity contribution is 7.17. The van der Waals surface area contributed by atoms with Gasteiger partial charge in [0.1, 0.15) is 16.8 Å². The van der Waals surface area contributed by atoms with Crippen molar-refractivity contribution in [3.05, 3.63) is 16.0 Å². The van der Waals surface area contributed by atoms with Gasteiger partial charge in [-0.05, 0) is 19.4 Å². The van der Waals surface area contributed by atoms with Gasteiger partial charge >= 0.3 is 0 Å². The fourth-order valence-corrected chi connectivity index (χ4v) is 2.88. The molecule has 1 aliphatic heterocycles. The normalized spacial score (nSPS) is 15.7. The first-order valence-corrected chi connectivity index (χ1v) is 5.32. The molecule has 1 aliphatic rings. The molecule has 0 saturated carbocycles. The molecule has 1 aromatic rings. The standard InChI is InChI=1S/C9H11ClN2S/c1-5-6(2)13-9-7(5)8(10)11-4-12(9)3/h4H2,1-3H3. The molecule has 2 rings (SSSR count). The average molecular weight is 215 g/mol. The van der Waals surface area contributed by atoms with Crippen LogP contribution in [0.3, 0.4) is 0 Å². The molecular weight excluding hydrogens is 204 g/mol. The molecule has 2 heterocycles. The van der Waals surface area contributed by atoms with E-state index in [1.165, 1.54) is 15.4 Å². The maximum Gasteiger partial charge on any atom is 0.136 e. The van der Waals surface area contributed by atoms with Crippen molar-refractivity contribution in [1.82, 2.24) is 0 Å². The lowest BCUT2D eigenvalue weighted by molar-refractivity contribution is 0.932. The third-order valence-electron chi connectivity index (χ3n) is 2.34. The lowest BCUT2D eigenvalue weighted by Crippen LogP contribution is -2.22. The van der Waals surface area contributed by atoms with E-state index in [0.29, 0.717) is 11.8 Å². The summed E-state index contributed by atoms with van der Waals surface area (Å²) in [4.78, 5) is 7.70. The highest BCUT2D eigenvalue weighted by Crippen LogP contribution is 2.37. The molecule has 1 aromatic heterocycles. The topological polar surface area (TPSA) is 15.6 Å². The van der Waals surface area contributed by atoms with Crippen molar-refractivity contribution in [2.75, 3.05) is 18.6 Å². The molecule has 0 radical (unpaired) electrons. The fourth-order valence-electron chi connectivity index (χ4n) is 1.43. The lowest BCUT2D eigenvalue weighted by atomic mass is 10.1. The van der Waals surface area contributed by atoms with E-state index in [-0.39, 0.29) is 0 Å². The summed E-state index contributed by atoms with van der Waals surface area (Å²) in [6.07, 6.45) is 0. The lowest BCUT2D eigenvalue weighted by Gasteiger charge is -2.21.